The van der Waals surface area contributed by atoms with Crippen molar-refractivity contribution < 1.29 is 22.3 Å². The van der Waals surface area contributed by atoms with E-state index in [1.54, 1.807) is 19.1 Å². The maximum absolute atomic E-state index is 12.1. The van der Waals surface area contributed by atoms with E-state index in [1.165, 1.54) is 0 Å². The number of hydrogen-bond acceptors (Lipinski definition) is 7. The molecule has 10 heteroatoms. The molecule has 0 unspecified atom stereocenters. The van der Waals surface area contributed by atoms with Gasteiger partial charge in [0.2, 0.25) is 11.9 Å². The summed E-state index contributed by atoms with van der Waals surface area (Å²) in [7, 11) is 0. The largest absolute Gasteiger partial charge is 0.465 e. The molecule has 2 aromatic heterocycles. The van der Waals surface area contributed by atoms with Crippen LogP contribution in [0.25, 0.3) is 0 Å². The van der Waals surface area contributed by atoms with Gasteiger partial charge in [-0.1, -0.05) is 0 Å². The molecular weight excluding hydrogens is 291 g/mol. The lowest BCUT2D eigenvalue weighted by molar-refractivity contribution is -0.154. The average Bonchev–Trinajstić information content (AvgIpc) is 2.79. The van der Waals surface area contributed by atoms with Crippen molar-refractivity contribution in [3.05, 3.63) is 23.7 Å². The summed E-state index contributed by atoms with van der Waals surface area (Å²) in [5.41, 5.74) is 5.38. The third-order valence-electron chi connectivity index (χ3n) is 2.21. The minimum absolute atomic E-state index is 0.00581. The summed E-state index contributed by atoms with van der Waals surface area (Å²) in [6.07, 6.45) is -4.49. The first-order valence-electron chi connectivity index (χ1n) is 5.82. The summed E-state index contributed by atoms with van der Waals surface area (Å²) in [5, 5.41) is 2.76. The van der Waals surface area contributed by atoms with Crippen LogP contribution in [0.1, 0.15) is 11.5 Å². The zero-order chi connectivity index (χ0) is 15.5. The van der Waals surface area contributed by atoms with Crippen molar-refractivity contribution in [3.63, 3.8) is 0 Å². The lowest BCUT2D eigenvalue weighted by atomic mass is 10.4. The Labute approximate surface area is 117 Å². The number of ether oxygens (including phenoxy) is 1. The first-order valence-corrected chi connectivity index (χ1v) is 5.82. The van der Waals surface area contributed by atoms with Gasteiger partial charge < -0.3 is 20.2 Å². The van der Waals surface area contributed by atoms with E-state index in [4.69, 9.17) is 10.2 Å². The summed E-state index contributed by atoms with van der Waals surface area (Å²) in [6, 6.07) is 3.02. The molecule has 0 aromatic carbocycles. The van der Waals surface area contributed by atoms with Crippen molar-refractivity contribution in [1.29, 1.82) is 0 Å². The third kappa shape index (κ3) is 4.82. The molecule has 0 saturated carbocycles. The van der Waals surface area contributed by atoms with Gasteiger partial charge in [-0.05, 0) is 19.1 Å². The highest BCUT2D eigenvalue weighted by Crippen LogP contribution is 2.17. The number of nitrogen functional groups attached to an aromatic ring is 1. The highest BCUT2D eigenvalue weighted by atomic mass is 19.4. The van der Waals surface area contributed by atoms with Crippen LogP contribution in [0.4, 0.5) is 25.1 Å². The fourth-order valence-corrected chi connectivity index (χ4v) is 1.41. The lowest BCUT2D eigenvalue weighted by Gasteiger charge is -2.09. The molecule has 0 aliphatic rings. The molecule has 0 aliphatic carbocycles. The molecule has 0 amide bonds. The molecule has 114 valence electrons. The van der Waals surface area contributed by atoms with Gasteiger partial charge in [0.15, 0.2) is 6.61 Å². The van der Waals surface area contributed by atoms with Gasteiger partial charge in [0.1, 0.15) is 11.5 Å². The molecule has 2 heterocycles. The average molecular weight is 303 g/mol. The molecule has 2 rings (SSSR count). The third-order valence-corrected chi connectivity index (χ3v) is 2.21. The van der Waals surface area contributed by atoms with Gasteiger partial charge in [0, 0.05) is 0 Å². The zero-order valence-electron chi connectivity index (χ0n) is 10.9. The predicted octanol–water partition coefficient (Wildman–Crippen LogP) is 1.91. The second-order valence-corrected chi connectivity index (χ2v) is 4.07. The number of rotatable bonds is 5. The normalized spacial score (nSPS) is 11.4. The Balaban J connectivity index is 2.01. The first-order chi connectivity index (χ1) is 9.82. The van der Waals surface area contributed by atoms with Crippen LogP contribution in [0.5, 0.6) is 6.01 Å². The minimum Gasteiger partial charge on any atom is -0.465 e. The smallest absolute Gasteiger partial charge is 0.422 e. The Bertz CT molecular complexity index is 614. The Morgan fingerprint density at radius 1 is 1.29 bits per heavy atom. The number of alkyl halides is 3. The summed E-state index contributed by atoms with van der Waals surface area (Å²) in [4.78, 5) is 10.9. The molecule has 2 aromatic rings. The second kappa shape index (κ2) is 5.85. The van der Waals surface area contributed by atoms with Gasteiger partial charge in [-0.15, -0.1) is 0 Å². The quantitative estimate of drug-likeness (QED) is 0.870. The number of nitrogens with two attached hydrogens (primary N) is 1. The summed E-state index contributed by atoms with van der Waals surface area (Å²) in [5.74, 6) is 1.09. The zero-order valence-corrected chi connectivity index (χ0v) is 10.9. The Kier molecular flexibility index (Phi) is 4.15. The molecule has 0 atom stereocenters. The van der Waals surface area contributed by atoms with Crippen molar-refractivity contribution >= 4 is 11.9 Å². The topological polar surface area (TPSA) is 99.1 Å². The van der Waals surface area contributed by atoms with Crippen LogP contribution in [-0.4, -0.2) is 27.7 Å². The fourth-order valence-electron chi connectivity index (χ4n) is 1.41. The minimum atomic E-state index is -4.49. The number of nitrogens with zero attached hydrogens (tertiary/aromatic N) is 3. The Morgan fingerprint density at radius 2 is 2.05 bits per heavy atom. The number of anilines is 2. The van der Waals surface area contributed by atoms with Gasteiger partial charge in [-0.2, -0.15) is 28.1 Å². The summed E-state index contributed by atoms with van der Waals surface area (Å²) < 4.78 is 45.9. The van der Waals surface area contributed by atoms with Crippen LogP contribution in [0.2, 0.25) is 0 Å². The molecule has 0 saturated heterocycles. The van der Waals surface area contributed by atoms with Crippen LogP contribution in [-0.2, 0) is 6.54 Å². The number of halogens is 3. The van der Waals surface area contributed by atoms with Crippen LogP contribution in [0.3, 0.4) is 0 Å². The maximum Gasteiger partial charge on any atom is 0.422 e. The number of hydrogen-bond donors (Lipinski definition) is 2. The van der Waals surface area contributed by atoms with Crippen molar-refractivity contribution in [2.45, 2.75) is 19.6 Å². The lowest BCUT2D eigenvalue weighted by Crippen LogP contribution is -2.20. The van der Waals surface area contributed by atoms with Gasteiger partial charge in [-0.3, -0.25) is 0 Å². The van der Waals surface area contributed by atoms with Crippen molar-refractivity contribution in [3.8, 4) is 6.01 Å². The SMILES string of the molecule is Cc1ccc(CNc2nc(N)nc(OCC(F)(F)F)n2)o1. The van der Waals surface area contributed by atoms with E-state index in [9.17, 15) is 13.2 Å². The van der Waals surface area contributed by atoms with Crippen LogP contribution in [0, 0.1) is 6.92 Å². The van der Waals surface area contributed by atoms with Crippen molar-refractivity contribution in [1.82, 2.24) is 15.0 Å². The second-order valence-electron chi connectivity index (χ2n) is 4.07. The van der Waals surface area contributed by atoms with Gasteiger partial charge >= 0.3 is 12.2 Å². The standard InChI is InChI=1S/C11H12F3N5O2/c1-6-2-3-7(21-6)4-16-9-17-8(15)18-10(19-9)20-5-11(12,13)14/h2-3H,4-5H2,1H3,(H3,15,16,17,18,19). The number of nitrogens with one attached hydrogen (secondary N) is 1. The maximum atomic E-state index is 12.1. The molecule has 0 aliphatic heterocycles. The highest BCUT2D eigenvalue weighted by Gasteiger charge is 2.29. The molecule has 0 bridgehead atoms. The van der Waals surface area contributed by atoms with Crippen LogP contribution in [0.15, 0.2) is 16.5 Å². The Hall–Kier alpha value is -2.52. The predicted molar refractivity (Wildman–Crippen MR) is 66.6 cm³/mol. The van der Waals surface area contributed by atoms with E-state index >= 15 is 0 Å². The van der Waals surface area contributed by atoms with Crippen LogP contribution < -0.4 is 15.8 Å². The van der Waals surface area contributed by atoms with E-state index < -0.39 is 18.8 Å². The van der Waals surface area contributed by atoms with E-state index in [2.05, 4.69) is 25.0 Å². The van der Waals surface area contributed by atoms with E-state index in [0.29, 0.717) is 5.76 Å². The molecule has 3 N–H and O–H groups in total. The van der Waals surface area contributed by atoms with Gasteiger partial charge in [-0.25, -0.2) is 0 Å². The monoisotopic (exact) mass is 303 g/mol. The molecular formula is C11H12F3N5O2. The highest BCUT2D eigenvalue weighted by molar-refractivity contribution is 5.33. The Morgan fingerprint density at radius 3 is 2.67 bits per heavy atom. The summed E-state index contributed by atoms with van der Waals surface area (Å²) in [6.45, 7) is 0.525. The van der Waals surface area contributed by atoms with E-state index in [1.807, 2.05) is 0 Å². The molecule has 0 radical (unpaired) electrons. The molecule has 0 fully saturated rings. The molecule has 0 spiro atoms. The number of aryl methyl sites for hydroxylation is 1. The van der Waals surface area contributed by atoms with Crippen molar-refractivity contribution in [2.75, 3.05) is 17.7 Å². The van der Waals surface area contributed by atoms with Gasteiger partial charge in [0.05, 0.1) is 6.54 Å². The van der Waals surface area contributed by atoms with E-state index in [0.717, 1.165) is 5.76 Å². The number of aromatic nitrogens is 3. The fraction of sp³-hybridized carbons (Fsp3) is 0.364. The van der Waals surface area contributed by atoms with Crippen LogP contribution >= 0.6 is 0 Å². The van der Waals surface area contributed by atoms with Gasteiger partial charge in [0.25, 0.3) is 0 Å². The summed E-state index contributed by atoms with van der Waals surface area (Å²) >= 11 is 0. The van der Waals surface area contributed by atoms with E-state index in [-0.39, 0.29) is 18.4 Å². The molecule has 7 nitrogen and oxygen atoms in total. The molecule has 21 heavy (non-hydrogen) atoms. The van der Waals surface area contributed by atoms with Crippen molar-refractivity contribution in [2.24, 2.45) is 0 Å². The number of furan rings is 1. The first kappa shape index (κ1) is 14.9.